The van der Waals surface area contributed by atoms with E-state index in [0.29, 0.717) is 19.6 Å². The summed E-state index contributed by atoms with van der Waals surface area (Å²) in [7, 11) is 0. The fraction of sp³-hybridized carbons (Fsp3) is 1.00. The molecule has 6 heteroatoms. The van der Waals surface area contributed by atoms with Crippen molar-refractivity contribution in [2.75, 3.05) is 52.9 Å². The summed E-state index contributed by atoms with van der Waals surface area (Å²) in [5.74, 6) is 0. The van der Waals surface area contributed by atoms with Gasteiger partial charge in [0, 0.05) is 19.6 Å². The highest BCUT2D eigenvalue weighted by atomic mass is 16.3. The minimum absolute atomic E-state index is 0.134. The van der Waals surface area contributed by atoms with Crippen LogP contribution in [0.25, 0.3) is 0 Å². The number of aliphatic hydroxyl groups is 3. The first-order valence-corrected chi connectivity index (χ1v) is 5.72. The summed E-state index contributed by atoms with van der Waals surface area (Å²) in [6.07, 6.45) is -0.356. The lowest BCUT2D eigenvalue weighted by molar-refractivity contribution is -0.0528. The largest absolute Gasteiger partial charge is 0.395 e. The van der Waals surface area contributed by atoms with Gasteiger partial charge in [0.2, 0.25) is 0 Å². The monoisotopic (exact) mass is 233 g/mol. The zero-order valence-electron chi connectivity index (χ0n) is 9.92. The average Bonchev–Trinajstić information content (AvgIpc) is 2.17. The maximum atomic E-state index is 9.36. The second kappa shape index (κ2) is 7.16. The Morgan fingerprint density at radius 3 is 1.75 bits per heavy atom. The van der Waals surface area contributed by atoms with E-state index in [1.165, 1.54) is 0 Å². The molecule has 1 fully saturated rings. The van der Waals surface area contributed by atoms with Crippen LogP contribution in [0.5, 0.6) is 0 Å². The molecular formula is C10H23N3O3. The topological polar surface area (TPSA) is 70.4 Å². The average molecular weight is 233 g/mol. The molecule has 0 amide bonds. The summed E-state index contributed by atoms with van der Waals surface area (Å²) in [6, 6.07) is 0. The van der Waals surface area contributed by atoms with Gasteiger partial charge in [-0.3, -0.25) is 14.7 Å². The van der Waals surface area contributed by atoms with Crippen LogP contribution in [0.4, 0.5) is 0 Å². The van der Waals surface area contributed by atoms with Gasteiger partial charge in [0.05, 0.1) is 39.3 Å². The fourth-order valence-electron chi connectivity index (χ4n) is 2.04. The maximum Gasteiger partial charge on any atom is 0.0640 e. The zero-order valence-corrected chi connectivity index (χ0v) is 9.92. The summed E-state index contributed by atoms with van der Waals surface area (Å²) in [5.41, 5.74) is 0. The molecule has 0 spiro atoms. The van der Waals surface area contributed by atoms with Crippen LogP contribution in [0, 0.1) is 0 Å². The molecule has 3 N–H and O–H groups in total. The van der Waals surface area contributed by atoms with Crippen molar-refractivity contribution in [3.8, 4) is 0 Å². The lowest BCUT2D eigenvalue weighted by Crippen LogP contribution is -2.57. The van der Waals surface area contributed by atoms with Crippen molar-refractivity contribution in [1.29, 1.82) is 0 Å². The van der Waals surface area contributed by atoms with Gasteiger partial charge in [-0.15, -0.1) is 0 Å². The van der Waals surface area contributed by atoms with Gasteiger partial charge < -0.3 is 15.3 Å². The van der Waals surface area contributed by atoms with Crippen molar-refractivity contribution in [2.24, 2.45) is 0 Å². The second-order valence-corrected chi connectivity index (χ2v) is 4.36. The normalized spacial score (nSPS) is 22.5. The third-order valence-electron chi connectivity index (χ3n) is 2.55. The molecule has 0 aromatic rings. The Morgan fingerprint density at radius 2 is 1.38 bits per heavy atom. The lowest BCUT2D eigenvalue weighted by atomic mass is 10.3. The van der Waals surface area contributed by atoms with Gasteiger partial charge in [-0.1, -0.05) is 0 Å². The van der Waals surface area contributed by atoms with Crippen molar-refractivity contribution in [2.45, 2.75) is 13.0 Å². The molecule has 1 aliphatic rings. The quantitative estimate of drug-likeness (QED) is 0.500. The first-order chi connectivity index (χ1) is 7.65. The summed E-state index contributed by atoms with van der Waals surface area (Å²) in [6.45, 7) is 6.17. The molecule has 1 saturated heterocycles. The van der Waals surface area contributed by atoms with E-state index in [4.69, 9.17) is 10.2 Å². The maximum absolute atomic E-state index is 9.36. The number of rotatable bonds is 6. The Bertz CT molecular complexity index is 178. The molecule has 6 nitrogen and oxygen atoms in total. The Morgan fingerprint density at radius 1 is 0.938 bits per heavy atom. The van der Waals surface area contributed by atoms with Gasteiger partial charge in [-0.2, -0.15) is 0 Å². The van der Waals surface area contributed by atoms with Crippen LogP contribution in [-0.2, 0) is 0 Å². The molecule has 16 heavy (non-hydrogen) atoms. The molecule has 0 aliphatic carbocycles. The van der Waals surface area contributed by atoms with Gasteiger partial charge in [-0.05, 0) is 6.92 Å². The van der Waals surface area contributed by atoms with E-state index >= 15 is 0 Å². The standard InChI is InChI=1S/C10H23N3O3/c1-10(16)6-13-8-11(2-4-14)7-12(9-13)3-5-15/h10,14-16H,2-9H2,1H3. The SMILES string of the molecule is CC(O)CN1CN(CCO)CN(CCO)C1. The van der Waals surface area contributed by atoms with Gasteiger partial charge in [-0.25, -0.2) is 0 Å². The molecule has 1 heterocycles. The number of aliphatic hydroxyl groups excluding tert-OH is 3. The van der Waals surface area contributed by atoms with E-state index in [-0.39, 0.29) is 19.3 Å². The van der Waals surface area contributed by atoms with Crippen molar-refractivity contribution in [3.05, 3.63) is 0 Å². The molecule has 0 radical (unpaired) electrons. The summed E-state index contributed by atoms with van der Waals surface area (Å²) in [4.78, 5) is 6.31. The number of hydrogen-bond donors (Lipinski definition) is 3. The zero-order chi connectivity index (χ0) is 12.0. The Balaban J connectivity index is 2.45. The number of β-amino-alcohol motifs (C(OH)–C–C–N with tert-alkyl or cyclic N) is 3. The highest BCUT2D eigenvalue weighted by Crippen LogP contribution is 2.07. The van der Waals surface area contributed by atoms with Gasteiger partial charge in [0.15, 0.2) is 0 Å². The molecule has 0 aromatic carbocycles. The fourth-order valence-corrected chi connectivity index (χ4v) is 2.04. The van der Waals surface area contributed by atoms with Crippen molar-refractivity contribution in [1.82, 2.24) is 14.7 Å². The predicted molar refractivity (Wildman–Crippen MR) is 60.6 cm³/mol. The third-order valence-corrected chi connectivity index (χ3v) is 2.55. The van der Waals surface area contributed by atoms with Crippen molar-refractivity contribution < 1.29 is 15.3 Å². The molecule has 96 valence electrons. The molecule has 1 rings (SSSR count). The van der Waals surface area contributed by atoms with Crippen LogP contribution in [-0.4, -0.2) is 89.0 Å². The van der Waals surface area contributed by atoms with E-state index in [2.05, 4.69) is 14.7 Å². The Kier molecular flexibility index (Phi) is 6.18. The van der Waals surface area contributed by atoms with E-state index in [1.54, 1.807) is 6.92 Å². The van der Waals surface area contributed by atoms with E-state index < -0.39 is 0 Å². The van der Waals surface area contributed by atoms with Crippen LogP contribution in [0.15, 0.2) is 0 Å². The van der Waals surface area contributed by atoms with Crippen LogP contribution < -0.4 is 0 Å². The van der Waals surface area contributed by atoms with Crippen LogP contribution >= 0.6 is 0 Å². The molecule has 1 aliphatic heterocycles. The summed E-state index contributed by atoms with van der Waals surface area (Å²) in [5, 5.41) is 27.2. The van der Waals surface area contributed by atoms with E-state index in [0.717, 1.165) is 20.0 Å². The lowest BCUT2D eigenvalue weighted by Gasteiger charge is -2.42. The summed E-state index contributed by atoms with van der Waals surface area (Å²) >= 11 is 0. The Hall–Kier alpha value is -0.240. The first-order valence-electron chi connectivity index (χ1n) is 5.72. The molecule has 1 unspecified atom stereocenters. The van der Waals surface area contributed by atoms with Gasteiger partial charge in [0.1, 0.15) is 0 Å². The van der Waals surface area contributed by atoms with E-state index in [9.17, 15) is 5.11 Å². The highest BCUT2D eigenvalue weighted by molar-refractivity contribution is 4.70. The molecule has 0 aromatic heterocycles. The van der Waals surface area contributed by atoms with Crippen molar-refractivity contribution in [3.63, 3.8) is 0 Å². The predicted octanol–water partition coefficient (Wildman–Crippen LogP) is -1.86. The van der Waals surface area contributed by atoms with Crippen LogP contribution in [0.2, 0.25) is 0 Å². The number of nitrogens with zero attached hydrogens (tertiary/aromatic N) is 3. The van der Waals surface area contributed by atoms with Gasteiger partial charge >= 0.3 is 0 Å². The summed E-state index contributed by atoms with van der Waals surface area (Å²) < 4.78 is 0. The number of hydrogen-bond acceptors (Lipinski definition) is 6. The smallest absolute Gasteiger partial charge is 0.0640 e. The second-order valence-electron chi connectivity index (χ2n) is 4.36. The van der Waals surface area contributed by atoms with Crippen molar-refractivity contribution >= 4 is 0 Å². The van der Waals surface area contributed by atoms with E-state index in [1.807, 2.05) is 0 Å². The highest BCUT2D eigenvalue weighted by Gasteiger charge is 2.23. The van der Waals surface area contributed by atoms with Crippen LogP contribution in [0.1, 0.15) is 6.92 Å². The molecule has 0 saturated carbocycles. The molecule has 1 atom stereocenters. The Labute approximate surface area is 96.7 Å². The first kappa shape index (κ1) is 13.8. The minimum atomic E-state index is -0.356. The molecule has 0 bridgehead atoms. The molecular weight excluding hydrogens is 210 g/mol. The van der Waals surface area contributed by atoms with Gasteiger partial charge in [0.25, 0.3) is 0 Å². The third kappa shape index (κ3) is 4.73. The van der Waals surface area contributed by atoms with Crippen LogP contribution in [0.3, 0.4) is 0 Å². The minimum Gasteiger partial charge on any atom is -0.395 e.